The molecule has 1 atom stereocenters. The molecule has 0 aliphatic rings. The van der Waals surface area contributed by atoms with Gasteiger partial charge in [0.15, 0.2) is 6.04 Å². The average Bonchev–Trinajstić information content (AvgIpc) is 2.09. The number of ether oxygens (including phenoxy) is 2. The van der Waals surface area contributed by atoms with E-state index >= 15 is 0 Å². The van der Waals surface area contributed by atoms with Crippen LogP contribution in [0.3, 0.4) is 0 Å². The molecule has 0 aromatic carbocycles. The maximum absolute atomic E-state index is 11.4. The Labute approximate surface area is 101 Å². The van der Waals surface area contributed by atoms with Crippen LogP contribution in [0.1, 0.15) is 34.6 Å². The third-order valence-electron chi connectivity index (χ3n) is 1.51. The number of hydrogen-bond acceptors (Lipinski definition) is 5. The lowest BCUT2D eigenvalue weighted by molar-refractivity contribution is -0.151. The summed E-state index contributed by atoms with van der Waals surface area (Å²) in [7, 11) is 0. The Kier molecular flexibility index (Phi) is 5.95. The van der Waals surface area contributed by atoms with Crippen LogP contribution in [0.15, 0.2) is 0 Å². The number of carbonyl (C=O) groups is 2. The highest BCUT2D eigenvalue weighted by atomic mass is 16.6. The van der Waals surface area contributed by atoms with Crippen LogP contribution in [0.5, 0.6) is 0 Å². The van der Waals surface area contributed by atoms with Gasteiger partial charge in [0.25, 0.3) is 0 Å². The first-order valence-corrected chi connectivity index (χ1v) is 5.46. The maximum Gasteiger partial charge on any atom is 0.408 e. The van der Waals surface area contributed by atoms with Crippen molar-refractivity contribution < 1.29 is 24.2 Å². The van der Waals surface area contributed by atoms with Crippen molar-refractivity contribution in [3.63, 3.8) is 0 Å². The molecule has 0 aromatic rings. The van der Waals surface area contributed by atoms with Crippen LogP contribution < -0.4 is 5.32 Å². The predicted octanol–water partition coefficient (Wildman–Crippen LogP) is 0.824. The minimum Gasteiger partial charge on any atom is -0.461 e. The lowest BCUT2D eigenvalue weighted by Crippen LogP contribution is -2.46. The molecule has 0 radical (unpaired) electrons. The lowest BCUT2D eigenvalue weighted by Gasteiger charge is -2.22. The molecule has 0 aromatic heterocycles. The number of rotatable bonds is 4. The Balaban J connectivity index is 4.31. The zero-order valence-electron chi connectivity index (χ0n) is 10.9. The second kappa shape index (κ2) is 6.44. The van der Waals surface area contributed by atoms with Gasteiger partial charge in [-0.25, -0.2) is 9.59 Å². The van der Waals surface area contributed by atoms with Crippen molar-refractivity contribution in [2.45, 2.75) is 52.4 Å². The highest BCUT2D eigenvalue weighted by Crippen LogP contribution is 2.07. The van der Waals surface area contributed by atoms with Crippen LogP contribution in [0.25, 0.3) is 0 Å². The van der Waals surface area contributed by atoms with E-state index in [1.807, 2.05) is 0 Å². The molecule has 0 heterocycles. The molecule has 0 bridgehead atoms. The van der Waals surface area contributed by atoms with E-state index in [-0.39, 0.29) is 6.10 Å². The first kappa shape index (κ1) is 15.7. The van der Waals surface area contributed by atoms with E-state index in [1.54, 1.807) is 34.6 Å². The molecular formula is C11H21NO5. The first-order valence-electron chi connectivity index (χ1n) is 5.46. The van der Waals surface area contributed by atoms with Crippen LogP contribution in [-0.4, -0.2) is 41.5 Å². The number of aliphatic hydroxyl groups excluding tert-OH is 1. The SMILES string of the molecule is CC(C)OC(=O)[C@H](CO)NC(=O)OC(C)(C)C. The normalized spacial score (nSPS) is 13.1. The third-order valence-corrected chi connectivity index (χ3v) is 1.51. The predicted molar refractivity (Wildman–Crippen MR) is 61.5 cm³/mol. The number of carbonyl (C=O) groups excluding carboxylic acids is 2. The monoisotopic (exact) mass is 247 g/mol. The van der Waals surface area contributed by atoms with Gasteiger partial charge < -0.3 is 19.9 Å². The van der Waals surface area contributed by atoms with Crippen molar-refractivity contribution in [2.75, 3.05) is 6.61 Å². The molecule has 6 nitrogen and oxygen atoms in total. The molecule has 0 spiro atoms. The molecular weight excluding hydrogens is 226 g/mol. The molecule has 0 saturated heterocycles. The molecule has 6 heteroatoms. The number of amides is 1. The van der Waals surface area contributed by atoms with Gasteiger partial charge in [-0.2, -0.15) is 0 Å². The Bertz CT molecular complexity index is 270. The summed E-state index contributed by atoms with van der Waals surface area (Å²) < 4.78 is 9.82. The van der Waals surface area contributed by atoms with Crippen molar-refractivity contribution >= 4 is 12.1 Å². The quantitative estimate of drug-likeness (QED) is 0.718. The van der Waals surface area contributed by atoms with Gasteiger partial charge in [0, 0.05) is 0 Å². The molecule has 0 aliphatic carbocycles. The summed E-state index contributed by atoms with van der Waals surface area (Å²) in [5.41, 5.74) is -0.661. The highest BCUT2D eigenvalue weighted by Gasteiger charge is 2.25. The van der Waals surface area contributed by atoms with Crippen molar-refractivity contribution in [1.82, 2.24) is 5.32 Å². The number of aliphatic hydroxyl groups is 1. The average molecular weight is 247 g/mol. The summed E-state index contributed by atoms with van der Waals surface area (Å²) in [6.45, 7) is 7.93. The highest BCUT2D eigenvalue weighted by molar-refractivity contribution is 5.81. The number of alkyl carbamates (subject to hydrolysis) is 1. The van der Waals surface area contributed by atoms with E-state index in [9.17, 15) is 9.59 Å². The summed E-state index contributed by atoms with van der Waals surface area (Å²) in [6, 6.07) is -1.10. The van der Waals surface area contributed by atoms with E-state index < -0.39 is 30.3 Å². The van der Waals surface area contributed by atoms with Crippen LogP contribution in [0.4, 0.5) is 4.79 Å². The van der Waals surface area contributed by atoms with Crippen LogP contribution in [0, 0.1) is 0 Å². The van der Waals surface area contributed by atoms with Gasteiger partial charge in [-0.15, -0.1) is 0 Å². The molecule has 0 saturated carbocycles. The Morgan fingerprint density at radius 3 is 2.18 bits per heavy atom. The van der Waals surface area contributed by atoms with E-state index in [2.05, 4.69) is 5.32 Å². The van der Waals surface area contributed by atoms with E-state index in [4.69, 9.17) is 14.6 Å². The van der Waals surface area contributed by atoms with Crippen molar-refractivity contribution in [2.24, 2.45) is 0 Å². The van der Waals surface area contributed by atoms with Gasteiger partial charge in [0.05, 0.1) is 12.7 Å². The summed E-state index contributed by atoms with van der Waals surface area (Å²) >= 11 is 0. The van der Waals surface area contributed by atoms with Crippen molar-refractivity contribution in [3.05, 3.63) is 0 Å². The first-order chi connectivity index (χ1) is 7.65. The van der Waals surface area contributed by atoms with E-state index in [0.29, 0.717) is 0 Å². The molecule has 100 valence electrons. The van der Waals surface area contributed by atoms with Gasteiger partial charge in [0.2, 0.25) is 0 Å². The molecule has 17 heavy (non-hydrogen) atoms. The van der Waals surface area contributed by atoms with E-state index in [1.165, 1.54) is 0 Å². The third kappa shape index (κ3) is 7.57. The van der Waals surface area contributed by atoms with Gasteiger partial charge in [0.1, 0.15) is 5.60 Å². The molecule has 1 amide bonds. The van der Waals surface area contributed by atoms with Crippen LogP contribution >= 0.6 is 0 Å². The second-order valence-electron chi connectivity index (χ2n) is 4.87. The fourth-order valence-electron chi connectivity index (χ4n) is 0.943. The molecule has 0 fully saturated rings. The summed E-state index contributed by atoms with van der Waals surface area (Å²) in [4.78, 5) is 22.8. The Morgan fingerprint density at radius 2 is 1.82 bits per heavy atom. The standard InChI is InChI=1S/C11H21NO5/c1-7(2)16-9(14)8(6-13)12-10(15)17-11(3,4)5/h7-8,13H,6H2,1-5H3,(H,12,15)/t8-/m0/s1. The lowest BCUT2D eigenvalue weighted by atomic mass is 10.2. The van der Waals surface area contributed by atoms with Crippen molar-refractivity contribution in [1.29, 1.82) is 0 Å². The number of nitrogens with one attached hydrogen (secondary N) is 1. The fourth-order valence-corrected chi connectivity index (χ4v) is 0.943. The fraction of sp³-hybridized carbons (Fsp3) is 0.818. The molecule has 0 rings (SSSR count). The van der Waals surface area contributed by atoms with Gasteiger partial charge >= 0.3 is 12.1 Å². The summed E-state index contributed by atoms with van der Waals surface area (Å²) in [6.07, 6.45) is -1.07. The Morgan fingerprint density at radius 1 is 1.29 bits per heavy atom. The molecule has 0 aliphatic heterocycles. The summed E-state index contributed by atoms with van der Waals surface area (Å²) in [5.74, 6) is -0.687. The van der Waals surface area contributed by atoms with E-state index in [0.717, 1.165) is 0 Å². The zero-order valence-corrected chi connectivity index (χ0v) is 10.9. The minimum absolute atomic E-state index is 0.308. The number of hydrogen-bond donors (Lipinski definition) is 2. The van der Waals surface area contributed by atoms with Gasteiger partial charge in [-0.05, 0) is 34.6 Å². The summed E-state index contributed by atoms with van der Waals surface area (Å²) in [5, 5.41) is 11.2. The second-order valence-corrected chi connectivity index (χ2v) is 4.87. The number of esters is 1. The molecule has 2 N–H and O–H groups in total. The van der Waals surface area contributed by atoms with Crippen molar-refractivity contribution in [3.8, 4) is 0 Å². The van der Waals surface area contributed by atoms with Crippen LogP contribution in [0.2, 0.25) is 0 Å². The van der Waals surface area contributed by atoms with Gasteiger partial charge in [-0.1, -0.05) is 0 Å². The maximum atomic E-state index is 11.4. The minimum atomic E-state index is -1.10. The largest absolute Gasteiger partial charge is 0.461 e. The van der Waals surface area contributed by atoms with Gasteiger partial charge in [-0.3, -0.25) is 0 Å². The topological polar surface area (TPSA) is 84.9 Å². The van der Waals surface area contributed by atoms with Crippen LogP contribution in [-0.2, 0) is 14.3 Å². The Hall–Kier alpha value is -1.30. The smallest absolute Gasteiger partial charge is 0.408 e. The zero-order chi connectivity index (χ0) is 13.6. The molecule has 0 unspecified atom stereocenters.